The van der Waals surface area contributed by atoms with Crippen molar-refractivity contribution in [1.29, 1.82) is 0 Å². The fourth-order valence-electron chi connectivity index (χ4n) is 2.48. The molecule has 4 aromatic rings. The van der Waals surface area contributed by atoms with Crippen LogP contribution in [0.2, 0.25) is 0 Å². The van der Waals surface area contributed by atoms with Crippen LogP contribution in [0.15, 0.2) is 77.0 Å². The number of ether oxygens (including phenoxy) is 1. The molecule has 1 N–H and O–H groups in total. The van der Waals surface area contributed by atoms with Gasteiger partial charge in [-0.15, -0.1) is 11.3 Å². The van der Waals surface area contributed by atoms with Gasteiger partial charge in [-0.1, -0.05) is 30.3 Å². The number of hydrogen-bond acceptors (Lipinski definition) is 5. The zero-order valence-electron chi connectivity index (χ0n) is 13.3. The number of hydrogen-bond donors (Lipinski definition) is 1. The summed E-state index contributed by atoms with van der Waals surface area (Å²) in [6.45, 7) is 0.443. The predicted molar refractivity (Wildman–Crippen MR) is 99.6 cm³/mol. The highest BCUT2D eigenvalue weighted by atomic mass is 32.1. The topological polar surface area (TPSA) is 55.6 Å². The van der Waals surface area contributed by atoms with Gasteiger partial charge in [0.2, 0.25) is 0 Å². The zero-order chi connectivity index (χ0) is 17.1. The van der Waals surface area contributed by atoms with E-state index in [4.69, 9.17) is 4.74 Å². The lowest BCUT2D eigenvalue weighted by molar-refractivity contribution is 0.484. The van der Waals surface area contributed by atoms with Crippen molar-refractivity contribution in [3.63, 3.8) is 0 Å². The van der Waals surface area contributed by atoms with E-state index in [0.29, 0.717) is 17.2 Å². The highest BCUT2D eigenvalue weighted by Crippen LogP contribution is 2.29. The van der Waals surface area contributed by atoms with E-state index in [9.17, 15) is 4.79 Å². The van der Waals surface area contributed by atoms with E-state index in [2.05, 4.69) is 10.3 Å². The lowest BCUT2D eigenvalue weighted by Gasteiger charge is -2.12. The molecule has 6 heteroatoms. The van der Waals surface area contributed by atoms with Gasteiger partial charge in [0.05, 0.1) is 17.9 Å². The Morgan fingerprint density at radius 3 is 2.76 bits per heavy atom. The maximum absolute atomic E-state index is 12.1. The molecule has 4 rings (SSSR count). The summed E-state index contributed by atoms with van der Waals surface area (Å²) in [6.07, 6.45) is 1.73. The summed E-state index contributed by atoms with van der Waals surface area (Å²) in [4.78, 5) is 17.3. The van der Waals surface area contributed by atoms with Crippen LogP contribution in [-0.2, 0) is 6.54 Å². The summed E-state index contributed by atoms with van der Waals surface area (Å²) >= 11 is 1.44. The molecule has 0 atom stereocenters. The summed E-state index contributed by atoms with van der Waals surface area (Å²) < 4.78 is 7.48. The summed E-state index contributed by atoms with van der Waals surface area (Å²) in [5.74, 6) is 1.50. The number of rotatable bonds is 5. The molecule has 2 aromatic carbocycles. The van der Waals surface area contributed by atoms with Crippen LogP contribution in [0.5, 0.6) is 11.5 Å². The quantitative estimate of drug-likeness (QED) is 0.588. The highest BCUT2D eigenvalue weighted by Gasteiger charge is 2.07. The van der Waals surface area contributed by atoms with Gasteiger partial charge >= 0.3 is 0 Å². The van der Waals surface area contributed by atoms with Crippen molar-refractivity contribution in [2.75, 3.05) is 5.32 Å². The molecule has 0 spiro atoms. The van der Waals surface area contributed by atoms with Gasteiger partial charge in [-0.3, -0.25) is 9.20 Å². The second-order valence-electron chi connectivity index (χ2n) is 5.41. The van der Waals surface area contributed by atoms with Crippen molar-refractivity contribution in [3.05, 3.63) is 88.3 Å². The molecule has 0 aliphatic carbocycles. The number of anilines is 1. The first kappa shape index (κ1) is 15.4. The smallest absolute Gasteiger partial charge is 0.258 e. The molecule has 2 aromatic heterocycles. The third-order valence-corrected chi connectivity index (χ3v) is 4.43. The Kier molecular flexibility index (Phi) is 4.18. The fraction of sp³-hybridized carbons (Fsp3) is 0.0526. The molecule has 25 heavy (non-hydrogen) atoms. The number of thiazole rings is 1. The van der Waals surface area contributed by atoms with E-state index in [0.717, 1.165) is 17.2 Å². The van der Waals surface area contributed by atoms with Crippen LogP contribution in [0.4, 0.5) is 5.69 Å². The Morgan fingerprint density at radius 2 is 1.88 bits per heavy atom. The van der Waals surface area contributed by atoms with Crippen molar-refractivity contribution in [1.82, 2.24) is 9.38 Å². The van der Waals surface area contributed by atoms with Crippen molar-refractivity contribution in [3.8, 4) is 11.5 Å². The van der Waals surface area contributed by atoms with Crippen LogP contribution in [0.25, 0.3) is 4.96 Å². The average Bonchev–Trinajstić information content (AvgIpc) is 3.11. The summed E-state index contributed by atoms with van der Waals surface area (Å²) in [7, 11) is 0. The van der Waals surface area contributed by atoms with Gasteiger partial charge in [-0.25, -0.2) is 4.98 Å². The van der Waals surface area contributed by atoms with Crippen LogP contribution in [-0.4, -0.2) is 9.38 Å². The summed E-state index contributed by atoms with van der Waals surface area (Å²) in [5.41, 5.74) is 1.47. The Balaban J connectivity index is 1.55. The minimum Gasteiger partial charge on any atom is -0.455 e. The molecular weight excluding hydrogens is 334 g/mol. The molecule has 0 fully saturated rings. The van der Waals surface area contributed by atoms with Crippen LogP contribution < -0.4 is 15.6 Å². The minimum absolute atomic E-state index is 0.0723. The monoisotopic (exact) mass is 349 g/mol. The van der Waals surface area contributed by atoms with E-state index < -0.39 is 0 Å². The number of nitrogens with zero attached hydrogens (tertiary/aromatic N) is 2. The van der Waals surface area contributed by atoms with E-state index in [1.165, 1.54) is 11.3 Å². The maximum atomic E-state index is 12.1. The second kappa shape index (κ2) is 6.78. The maximum Gasteiger partial charge on any atom is 0.258 e. The Labute approximate surface area is 148 Å². The Bertz CT molecular complexity index is 1060. The van der Waals surface area contributed by atoms with Gasteiger partial charge in [0.25, 0.3) is 5.56 Å². The molecule has 0 unspecified atom stereocenters. The van der Waals surface area contributed by atoms with Gasteiger partial charge in [0.1, 0.15) is 5.75 Å². The molecule has 0 aliphatic rings. The molecule has 0 amide bonds. The lowest BCUT2D eigenvalue weighted by atomic mass is 10.2. The summed E-state index contributed by atoms with van der Waals surface area (Å²) in [6, 6.07) is 18.9. The standard InChI is InChI=1S/C19H15N3O2S/c23-18-12-14(21-19-22(18)10-11-25-19)13-20-16-8-4-5-9-17(16)24-15-6-2-1-3-7-15/h1-12,20H,13H2. The van der Waals surface area contributed by atoms with Gasteiger partial charge in [0, 0.05) is 17.6 Å². The normalized spacial score (nSPS) is 10.7. The molecule has 0 saturated carbocycles. The van der Waals surface area contributed by atoms with E-state index >= 15 is 0 Å². The molecule has 0 radical (unpaired) electrons. The summed E-state index contributed by atoms with van der Waals surface area (Å²) in [5, 5.41) is 5.15. The van der Waals surface area contributed by atoms with Crippen molar-refractivity contribution < 1.29 is 4.74 Å². The first-order chi connectivity index (χ1) is 12.3. The third kappa shape index (κ3) is 3.39. The minimum atomic E-state index is -0.0723. The number of benzene rings is 2. The van der Waals surface area contributed by atoms with Crippen LogP contribution >= 0.6 is 11.3 Å². The van der Waals surface area contributed by atoms with Crippen LogP contribution in [0.3, 0.4) is 0 Å². The SMILES string of the molecule is O=c1cc(CNc2ccccc2Oc2ccccc2)nc2sccn12. The number of aromatic nitrogens is 2. The van der Waals surface area contributed by atoms with Gasteiger partial charge < -0.3 is 10.1 Å². The molecule has 124 valence electrons. The van der Waals surface area contributed by atoms with E-state index in [1.807, 2.05) is 60.0 Å². The van der Waals surface area contributed by atoms with Crippen LogP contribution in [0, 0.1) is 0 Å². The highest BCUT2D eigenvalue weighted by molar-refractivity contribution is 7.15. The van der Waals surface area contributed by atoms with Gasteiger partial charge in [-0.2, -0.15) is 0 Å². The van der Waals surface area contributed by atoms with Crippen molar-refractivity contribution >= 4 is 22.0 Å². The number of fused-ring (bicyclic) bond motifs is 1. The predicted octanol–water partition coefficient (Wildman–Crippen LogP) is 4.16. The average molecular weight is 349 g/mol. The Morgan fingerprint density at radius 1 is 1.08 bits per heavy atom. The molecule has 0 aliphatic heterocycles. The number of para-hydroxylation sites is 3. The molecule has 0 saturated heterocycles. The van der Waals surface area contributed by atoms with Crippen LogP contribution in [0.1, 0.15) is 5.69 Å². The molecule has 5 nitrogen and oxygen atoms in total. The second-order valence-corrected chi connectivity index (χ2v) is 6.28. The molecule has 2 heterocycles. The van der Waals surface area contributed by atoms with E-state index in [1.54, 1.807) is 16.7 Å². The van der Waals surface area contributed by atoms with Crippen molar-refractivity contribution in [2.24, 2.45) is 0 Å². The van der Waals surface area contributed by atoms with E-state index in [-0.39, 0.29) is 5.56 Å². The molecule has 0 bridgehead atoms. The first-order valence-electron chi connectivity index (χ1n) is 7.81. The number of nitrogens with one attached hydrogen (secondary N) is 1. The Hall–Kier alpha value is -3.12. The van der Waals surface area contributed by atoms with Gasteiger partial charge in [0.15, 0.2) is 10.7 Å². The largest absolute Gasteiger partial charge is 0.455 e. The third-order valence-electron chi connectivity index (χ3n) is 3.67. The van der Waals surface area contributed by atoms with Gasteiger partial charge in [-0.05, 0) is 24.3 Å². The lowest BCUT2D eigenvalue weighted by Crippen LogP contribution is -2.14. The first-order valence-corrected chi connectivity index (χ1v) is 8.69. The van der Waals surface area contributed by atoms with Crippen molar-refractivity contribution in [2.45, 2.75) is 6.54 Å². The molecular formula is C19H15N3O2S. The zero-order valence-corrected chi connectivity index (χ0v) is 14.1. The fourth-order valence-corrected chi connectivity index (χ4v) is 3.22.